The minimum Gasteiger partial charge on any atom is -0.457 e. The topological polar surface area (TPSA) is 49.8 Å². The Bertz CT molecular complexity index is 892. The lowest BCUT2D eigenvalue weighted by Crippen LogP contribution is -1.92. The fourth-order valence-electron chi connectivity index (χ4n) is 2.84. The molecule has 0 fully saturated rings. The molecule has 0 N–H and O–H groups in total. The highest BCUT2D eigenvalue weighted by Gasteiger charge is 2.08. The highest BCUT2D eigenvalue weighted by molar-refractivity contribution is 5.44. The minimum absolute atomic E-state index is 0.427. The van der Waals surface area contributed by atoms with Crippen LogP contribution in [0.3, 0.4) is 0 Å². The van der Waals surface area contributed by atoms with Crippen LogP contribution in [0, 0.1) is 0 Å². The Hall–Kier alpha value is -3.99. The Kier molecular flexibility index (Phi) is 4.03. The van der Waals surface area contributed by atoms with Crippen LogP contribution in [-0.4, -0.2) is 4.98 Å². The van der Waals surface area contributed by atoms with Crippen LogP contribution in [0.2, 0.25) is 0 Å². The highest BCUT2D eigenvalue weighted by Crippen LogP contribution is 2.34. The van der Waals surface area contributed by atoms with Gasteiger partial charge in [-0.2, -0.15) is 0 Å². The highest BCUT2D eigenvalue weighted by atomic mass is 16.5. The molecule has 0 aliphatic carbocycles. The number of hydrogen-bond acceptors (Lipinski definition) is 5. The van der Waals surface area contributed by atoms with Crippen LogP contribution < -0.4 is 18.9 Å². The van der Waals surface area contributed by atoms with Gasteiger partial charge in [0.1, 0.15) is 40.2 Å². The first-order valence-electron chi connectivity index (χ1n) is 8.78. The molecule has 0 unspecified atom stereocenters. The molecule has 5 nitrogen and oxygen atoms in total. The number of ether oxygens (including phenoxy) is 4. The standard InChI is InChI=1S/C23H15NO4/c1-4-16-12-17(5-1)26-20-8-3-9-21(14-20)28-23-15-22(10-11-24-23)27-19-7-2-6-18(13-19)25-16/h1-15H. The van der Waals surface area contributed by atoms with Crippen LogP contribution in [0.5, 0.6) is 46.1 Å². The van der Waals surface area contributed by atoms with Crippen molar-refractivity contribution in [2.45, 2.75) is 0 Å². The second kappa shape index (κ2) is 6.96. The summed E-state index contributed by atoms with van der Waals surface area (Å²) >= 11 is 0. The van der Waals surface area contributed by atoms with E-state index in [0.717, 1.165) is 0 Å². The van der Waals surface area contributed by atoms with Crippen molar-refractivity contribution in [2.75, 3.05) is 0 Å². The second-order valence-corrected chi connectivity index (χ2v) is 6.16. The van der Waals surface area contributed by atoms with E-state index in [1.807, 2.05) is 66.7 Å². The molecule has 5 heteroatoms. The predicted molar refractivity (Wildman–Crippen MR) is 104 cm³/mol. The fraction of sp³-hybridized carbons (Fsp3) is 0. The van der Waals surface area contributed by atoms with Gasteiger partial charge in [-0.3, -0.25) is 0 Å². The van der Waals surface area contributed by atoms with Gasteiger partial charge in [-0.25, -0.2) is 4.98 Å². The number of hydrogen-bond donors (Lipinski definition) is 0. The van der Waals surface area contributed by atoms with E-state index < -0.39 is 0 Å². The second-order valence-electron chi connectivity index (χ2n) is 6.16. The van der Waals surface area contributed by atoms with E-state index in [0.29, 0.717) is 46.1 Å². The van der Waals surface area contributed by atoms with Crippen molar-refractivity contribution in [3.63, 3.8) is 0 Å². The van der Waals surface area contributed by atoms with Crippen LogP contribution in [0.1, 0.15) is 0 Å². The van der Waals surface area contributed by atoms with Gasteiger partial charge in [-0.1, -0.05) is 18.2 Å². The van der Waals surface area contributed by atoms with Gasteiger partial charge < -0.3 is 18.9 Å². The third-order valence-corrected chi connectivity index (χ3v) is 4.05. The lowest BCUT2D eigenvalue weighted by Gasteiger charge is -2.13. The maximum absolute atomic E-state index is 5.97. The van der Waals surface area contributed by atoms with Gasteiger partial charge in [0.2, 0.25) is 5.88 Å². The van der Waals surface area contributed by atoms with Crippen molar-refractivity contribution >= 4 is 0 Å². The molecule has 0 saturated heterocycles. The lowest BCUT2D eigenvalue weighted by molar-refractivity contribution is 0.432. The van der Waals surface area contributed by atoms with E-state index >= 15 is 0 Å². The zero-order chi connectivity index (χ0) is 18.8. The average molecular weight is 369 g/mol. The molecular weight excluding hydrogens is 354 g/mol. The molecule has 1 aliphatic heterocycles. The Morgan fingerprint density at radius 1 is 0.429 bits per heavy atom. The number of fused-ring (bicyclic) bond motifs is 8. The number of rotatable bonds is 0. The maximum Gasteiger partial charge on any atom is 0.222 e. The van der Waals surface area contributed by atoms with Crippen molar-refractivity contribution in [1.29, 1.82) is 0 Å². The molecule has 0 atom stereocenters. The summed E-state index contributed by atoms with van der Waals surface area (Å²) in [6, 6.07) is 25.7. The Balaban J connectivity index is 1.60. The number of pyridine rings is 1. The molecule has 1 aromatic heterocycles. The number of aromatic nitrogens is 1. The van der Waals surface area contributed by atoms with Gasteiger partial charge in [0, 0.05) is 30.5 Å². The van der Waals surface area contributed by atoms with Gasteiger partial charge in [-0.15, -0.1) is 0 Å². The molecule has 136 valence electrons. The summed E-state index contributed by atoms with van der Waals surface area (Å²) in [5.41, 5.74) is 0. The van der Waals surface area contributed by atoms with Crippen LogP contribution in [0.15, 0.2) is 91.1 Å². The minimum atomic E-state index is 0.427. The zero-order valence-corrected chi connectivity index (χ0v) is 14.7. The average Bonchev–Trinajstić information content (AvgIpc) is 2.69. The summed E-state index contributed by atoms with van der Waals surface area (Å²) in [5, 5.41) is 0. The summed E-state index contributed by atoms with van der Waals surface area (Å²) in [4.78, 5) is 4.25. The van der Waals surface area contributed by atoms with Gasteiger partial charge in [0.05, 0.1) is 0 Å². The molecule has 2 heterocycles. The van der Waals surface area contributed by atoms with Crippen molar-refractivity contribution in [3.05, 3.63) is 91.1 Å². The van der Waals surface area contributed by atoms with E-state index in [2.05, 4.69) is 4.98 Å². The van der Waals surface area contributed by atoms with E-state index in [1.165, 1.54) is 0 Å². The normalized spacial score (nSPS) is 12.0. The first-order valence-corrected chi connectivity index (χ1v) is 8.78. The van der Waals surface area contributed by atoms with Crippen molar-refractivity contribution < 1.29 is 18.9 Å². The van der Waals surface area contributed by atoms with Crippen molar-refractivity contribution in [1.82, 2.24) is 4.98 Å². The number of nitrogens with zero attached hydrogens (tertiary/aromatic N) is 1. The van der Waals surface area contributed by atoms with Crippen LogP contribution in [-0.2, 0) is 0 Å². The quantitative estimate of drug-likeness (QED) is 0.309. The smallest absolute Gasteiger partial charge is 0.222 e. The van der Waals surface area contributed by atoms with Crippen LogP contribution in [0.25, 0.3) is 0 Å². The third-order valence-electron chi connectivity index (χ3n) is 4.05. The van der Waals surface area contributed by atoms with Crippen LogP contribution >= 0.6 is 0 Å². The lowest BCUT2D eigenvalue weighted by atomic mass is 10.3. The van der Waals surface area contributed by atoms with Crippen LogP contribution in [0.4, 0.5) is 0 Å². The van der Waals surface area contributed by atoms with Crippen molar-refractivity contribution in [2.24, 2.45) is 0 Å². The maximum atomic E-state index is 5.97. The molecule has 3 aromatic carbocycles. The molecule has 4 aromatic rings. The first-order chi connectivity index (χ1) is 13.8. The van der Waals surface area contributed by atoms with Gasteiger partial charge >= 0.3 is 0 Å². The van der Waals surface area contributed by atoms with Gasteiger partial charge in [-0.05, 0) is 42.5 Å². The van der Waals surface area contributed by atoms with Gasteiger partial charge in [0.25, 0.3) is 0 Å². The van der Waals surface area contributed by atoms with Crippen molar-refractivity contribution in [3.8, 4) is 46.1 Å². The van der Waals surface area contributed by atoms with E-state index in [4.69, 9.17) is 18.9 Å². The summed E-state index contributed by atoms with van der Waals surface area (Å²) in [6.07, 6.45) is 1.64. The molecule has 5 rings (SSSR count). The zero-order valence-electron chi connectivity index (χ0n) is 14.7. The molecule has 1 aliphatic rings. The van der Waals surface area contributed by atoms with Gasteiger partial charge in [0.15, 0.2) is 0 Å². The Morgan fingerprint density at radius 2 is 0.821 bits per heavy atom. The fourth-order valence-corrected chi connectivity index (χ4v) is 2.84. The summed E-state index contributed by atoms with van der Waals surface area (Å²) in [5.74, 6) is 4.94. The monoisotopic (exact) mass is 369 g/mol. The molecule has 28 heavy (non-hydrogen) atoms. The van der Waals surface area contributed by atoms with E-state index in [9.17, 15) is 0 Å². The third kappa shape index (κ3) is 3.59. The molecule has 0 spiro atoms. The molecule has 8 bridgehead atoms. The largest absolute Gasteiger partial charge is 0.457 e. The molecular formula is C23H15NO4. The number of benzene rings is 3. The molecule has 0 amide bonds. The van der Waals surface area contributed by atoms with E-state index in [-0.39, 0.29) is 0 Å². The summed E-state index contributed by atoms with van der Waals surface area (Å²) in [7, 11) is 0. The molecule has 0 radical (unpaired) electrons. The predicted octanol–water partition coefficient (Wildman–Crippen LogP) is 6.56. The Morgan fingerprint density at radius 3 is 1.29 bits per heavy atom. The summed E-state index contributed by atoms with van der Waals surface area (Å²) in [6.45, 7) is 0. The molecule has 0 saturated carbocycles. The Labute approximate surface area is 161 Å². The SMILES string of the molecule is c1cc2cc(c1)Oc1cccc(c1)Oc1cc(ccn1)Oc1cccc(c1)O2. The summed E-state index contributed by atoms with van der Waals surface area (Å²) < 4.78 is 23.8. The first kappa shape index (κ1) is 16.2. The van der Waals surface area contributed by atoms with E-state index in [1.54, 1.807) is 24.4 Å².